The Bertz CT molecular complexity index is 460. The minimum Gasteiger partial charge on any atom is -0.381 e. The van der Waals surface area contributed by atoms with Crippen LogP contribution in [0.25, 0.3) is 0 Å². The van der Waals surface area contributed by atoms with E-state index in [0.717, 1.165) is 18.5 Å². The first kappa shape index (κ1) is 13.1. The van der Waals surface area contributed by atoms with Crippen LogP contribution in [0.5, 0.6) is 0 Å². The van der Waals surface area contributed by atoms with E-state index in [1.165, 1.54) is 6.42 Å². The van der Waals surface area contributed by atoms with E-state index >= 15 is 0 Å². The van der Waals surface area contributed by atoms with E-state index in [4.69, 9.17) is 0 Å². The van der Waals surface area contributed by atoms with Crippen LogP contribution in [0.4, 0.5) is 5.69 Å². The molecule has 1 fully saturated rings. The van der Waals surface area contributed by atoms with Crippen molar-refractivity contribution in [1.29, 1.82) is 0 Å². The number of H-pyrrole nitrogens is 1. The highest BCUT2D eigenvalue weighted by Crippen LogP contribution is 2.46. The molecule has 4 heteroatoms. The molecule has 0 radical (unpaired) electrons. The van der Waals surface area contributed by atoms with Crippen molar-refractivity contribution in [2.45, 2.75) is 53.0 Å². The molecule has 0 spiro atoms. The molecule has 4 nitrogen and oxygen atoms in total. The van der Waals surface area contributed by atoms with E-state index in [-0.39, 0.29) is 5.56 Å². The highest BCUT2D eigenvalue weighted by Gasteiger charge is 2.38. The number of rotatable bonds is 2. The third-order valence-corrected chi connectivity index (χ3v) is 3.59. The summed E-state index contributed by atoms with van der Waals surface area (Å²) in [4.78, 5) is 11.2. The molecule has 1 aromatic rings. The van der Waals surface area contributed by atoms with Gasteiger partial charge in [0.25, 0.3) is 5.56 Å². The summed E-state index contributed by atoms with van der Waals surface area (Å²) >= 11 is 0. The molecule has 2 N–H and O–H groups in total. The van der Waals surface area contributed by atoms with Gasteiger partial charge in [0.05, 0.1) is 11.9 Å². The first-order valence-corrected chi connectivity index (χ1v) is 6.57. The number of anilines is 1. The van der Waals surface area contributed by atoms with Gasteiger partial charge in [-0.2, -0.15) is 5.10 Å². The van der Waals surface area contributed by atoms with Gasteiger partial charge in [-0.1, -0.05) is 27.7 Å². The molecule has 1 saturated carbocycles. The fourth-order valence-electron chi connectivity index (χ4n) is 3.64. The molecule has 0 atom stereocenters. The molecule has 1 aliphatic carbocycles. The SMILES string of the molecule is CC1(C)CC(Nc2cn[nH]c(=O)c2)CC(C)(C)C1. The van der Waals surface area contributed by atoms with E-state index in [1.807, 2.05) is 0 Å². The predicted molar refractivity (Wildman–Crippen MR) is 73.7 cm³/mol. The van der Waals surface area contributed by atoms with Crippen LogP contribution in [-0.4, -0.2) is 16.2 Å². The molecule has 0 amide bonds. The highest BCUT2D eigenvalue weighted by molar-refractivity contribution is 5.40. The van der Waals surface area contributed by atoms with Crippen LogP contribution < -0.4 is 10.9 Å². The molecule has 0 saturated heterocycles. The summed E-state index contributed by atoms with van der Waals surface area (Å²) < 4.78 is 0. The van der Waals surface area contributed by atoms with Gasteiger partial charge in [-0.3, -0.25) is 4.79 Å². The molecule has 0 unspecified atom stereocenters. The van der Waals surface area contributed by atoms with Crippen molar-refractivity contribution < 1.29 is 0 Å². The number of nitrogens with one attached hydrogen (secondary N) is 2. The van der Waals surface area contributed by atoms with Gasteiger partial charge in [-0.05, 0) is 30.1 Å². The first-order chi connectivity index (χ1) is 8.26. The summed E-state index contributed by atoms with van der Waals surface area (Å²) in [7, 11) is 0. The number of nitrogens with zero attached hydrogens (tertiary/aromatic N) is 1. The van der Waals surface area contributed by atoms with Crippen molar-refractivity contribution in [2.75, 3.05) is 5.32 Å². The topological polar surface area (TPSA) is 57.8 Å². The van der Waals surface area contributed by atoms with Crippen LogP contribution >= 0.6 is 0 Å². The lowest BCUT2D eigenvalue weighted by molar-refractivity contribution is 0.105. The van der Waals surface area contributed by atoms with Gasteiger partial charge in [0.2, 0.25) is 0 Å². The Labute approximate surface area is 108 Å². The maximum atomic E-state index is 11.2. The average molecular weight is 249 g/mol. The summed E-state index contributed by atoms with van der Waals surface area (Å²) in [5.41, 5.74) is 1.34. The van der Waals surface area contributed by atoms with Gasteiger partial charge in [-0.25, -0.2) is 5.10 Å². The van der Waals surface area contributed by atoms with Crippen LogP contribution in [0.2, 0.25) is 0 Å². The monoisotopic (exact) mass is 249 g/mol. The van der Waals surface area contributed by atoms with Crippen LogP contribution in [0.15, 0.2) is 17.1 Å². The van der Waals surface area contributed by atoms with Gasteiger partial charge in [-0.15, -0.1) is 0 Å². The van der Waals surface area contributed by atoms with E-state index < -0.39 is 0 Å². The second-order valence-electron chi connectivity index (χ2n) is 7.09. The zero-order valence-electron chi connectivity index (χ0n) is 11.7. The Balaban J connectivity index is 2.12. The molecule has 0 aliphatic heterocycles. The van der Waals surface area contributed by atoms with Gasteiger partial charge >= 0.3 is 0 Å². The van der Waals surface area contributed by atoms with Gasteiger partial charge in [0.1, 0.15) is 0 Å². The molecule has 18 heavy (non-hydrogen) atoms. The largest absolute Gasteiger partial charge is 0.381 e. The van der Waals surface area contributed by atoms with E-state index in [9.17, 15) is 4.79 Å². The minimum atomic E-state index is -0.158. The molecular weight excluding hydrogens is 226 g/mol. The lowest BCUT2D eigenvalue weighted by atomic mass is 9.63. The summed E-state index contributed by atoms with van der Waals surface area (Å²) in [5, 5.41) is 9.67. The second kappa shape index (κ2) is 4.41. The summed E-state index contributed by atoms with van der Waals surface area (Å²) in [6.07, 6.45) is 5.17. The molecule has 0 aromatic carbocycles. The van der Waals surface area contributed by atoms with Gasteiger partial charge in [0, 0.05) is 12.1 Å². The number of hydrogen-bond acceptors (Lipinski definition) is 3. The second-order valence-corrected chi connectivity index (χ2v) is 7.09. The first-order valence-electron chi connectivity index (χ1n) is 6.57. The van der Waals surface area contributed by atoms with E-state index in [0.29, 0.717) is 16.9 Å². The Morgan fingerprint density at radius 3 is 2.44 bits per heavy atom. The molecule has 1 aliphatic rings. The van der Waals surface area contributed by atoms with Gasteiger partial charge in [0.15, 0.2) is 0 Å². The van der Waals surface area contributed by atoms with Crippen LogP contribution in [0.1, 0.15) is 47.0 Å². The fraction of sp³-hybridized carbons (Fsp3) is 0.714. The fourth-order valence-corrected chi connectivity index (χ4v) is 3.64. The summed E-state index contributed by atoms with van der Waals surface area (Å²) in [6, 6.07) is 1.98. The van der Waals surface area contributed by atoms with Gasteiger partial charge < -0.3 is 5.32 Å². The molecule has 100 valence electrons. The van der Waals surface area contributed by atoms with Crippen molar-refractivity contribution >= 4 is 5.69 Å². The van der Waals surface area contributed by atoms with Crippen molar-refractivity contribution in [3.05, 3.63) is 22.6 Å². The smallest absolute Gasteiger partial charge is 0.266 e. The van der Waals surface area contributed by atoms with Crippen LogP contribution in [0, 0.1) is 10.8 Å². The number of hydrogen-bond donors (Lipinski definition) is 2. The van der Waals surface area contributed by atoms with Crippen LogP contribution in [0.3, 0.4) is 0 Å². The van der Waals surface area contributed by atoms with Crippen molar-refractivity contribution in [1.82, 2.24) is 10.2 Å². The standard InChI is InChI=1S/C14H23N3O/c1-13(2)6-11(7-14(3,4)9-13)16-10-5-12(18)17-15-8-10/h5,8,11H,6-7,9H2,1-4H3,(H2,16,17,18). The van der Waals surface area contributed by atoms with Crippen LogP contribution in [-0.2, 0) is 0 Å². The molecule has 1 heterocycles. The summed E-state index contributed by atoms with van der Waals surface area (Å²) in [5.74, 6) is 0. The Morgan fingerprint density at radius 1 is 1.28 bits per heavy atom. The Morgan fingerprint density at radius 2 is 1.89 bits per heavy atom. The normalized spacial score (nSPS) is 22.7. The lowest BCUT2D eigenvalue weighted by Gasteiger charge is -2.45. The molecule has 2 rings (SSSR count). The highest BCUT2D eigenvalue weighted by atomic mass is 16.1. The van der Waals surface area contributed by atoms with Crippen molar-refractivity contribution in [3.8, 4) is 0 Å². The maximum Gasteiger partial charge on any atom is 0.266 e. The predicted octanol–water partition coefficient (Wildman–Crippen LogP) is 2.79. The quantitative estimate of drug-likeness (QED) is 0.847. The zero-order chi connectivity index (χ0) is 13.4. The Hall–Kier alpha value is -1.32. The maximum absolute atomic E-state index is 11.2. The third kappa shape index (κ3) is 3.34. The number of aromatic nitrogens is 2. The minimum absolute atomic E-state index is 0.158. The lowest BCUT2D eigenvalue weighted by Crippen LogP contribution is -2.40. The molecule has 1 aromatic heterocycles. The average Bonchev–Trinajstić information content (AvgIpc) is 2.11. The summed E-state index contributed by atoms with van der Waals surface area (Å²) in [6.45, 7) is 9.27. The van der Waals surface area contributed by atoms with Crippen molar-refractivity contribution in [2.24, 2.45) is 10.8 Å². The third-order valence-electron chi connectivity index (χ3n) is 3.59. The van der Waals surface area contributed by atoms with Crippen molar-refractivity contribution in [3.63, 3.8) is 0 Å². The molecular formula is C14H23N3O. The van der Waals surface area contributed by atoms with E-state index in [1.54, 1.807) is 12.3 Å². The Kier molecular flexibility index (Phi) is 3.21. The molecule has 0 bridgehead atoms. The zero-order valence-corrected chi connectivity index (χ0v) is 11.7. The number of aromatic amines is 1. The van der Waals surface area contributed by atoms with E-state index in [2.05, 4.69) is 43.2 Å².